The first kappa shape index (κ1) is 13.2. The lowest BCUT2D eigenvalue weighted by atomic mass is 10.1. The van der Waals surface area contributed by atoms with Crippen LogP contribution in [-0.4, -0.2) is 34.3 Å². The molecule has 92 valence electrons. The predicted molar refractivity (Wildman–Crippen MR) is 65.8 cm³/mol. The van der Waals surface area contributed by atoms with Crippen molar-refractivity contribution in [3.63, 3.8) is 0 Å². The Morgan fingerprint density at radius 2 is 2.00 bits per heavy atom. The maximum absolute atomic E-state index is 10.5. The Morgan fingerprint density at radius 1 is 1.35 bits per heavy atom. The molecule has 2 aromatic rings. The van der Waals surface area contributed by atoms with Gasteiger partial charge in [-0.3, -0.25) is 4.79 Å². The minimum Gasteiger partial charge on any atom is -0.481 e. The van der Waals surface area contributed by atoms with E-state index in [0.29, 0.717) is 6.54 Å². The van der Waals surface area contributed by atoms with Crippen molar-refractivity contribution in [3.8, 4) is 0 Å². The lowest BCUT2D eigenvalue weighted by molar-refractivity contribution is -0.136. The SMILES string of the molecule is NCCO.O=C(O)Cc1c[nH]c2ccccc12. The summed E-state index contributed by atoms with van der Waals surface area (Å²) < 4.78 is 0. The molecule has 5 heteroatoms. The zero-order valence-electron chi connectivity index (χ0n) is 9.39. The van der Waals surface area contributed by atoms with Crippen LogP contribution in [0.1, 0.15) is 5.56 Å². The van der Waals surface area contributed by atoms with Crippen molar-refractivity contribution in [1.29, 1.82) is 0 Å². The minimum absolute atomic E-state index is 0.0734. The Morgan fingerprint density at radius 3 is 2.59 bits per heavy atom. The number of aromatic amines is 1. The maximum Gasteiger partial charge on any atom is 0.307 e. The maximum atomic E-state index is 10.5. The normalized spacial score (nSPS) is 9.76. The van der Waals surface area contributed by atoms with E-state index in [1.54, 1.807) is 6.20 Å². The first-order valence-corrected chi connectivity index (χ1v) is 5.26. The fraction of sp³-hybridized carbons (Fsp3) is 0.250. The van der Waals surface area contributed by atoms with E-state index < -0.39 is 5.97 Å². The lowest BCUT2D eigenvalue weighted by Crippen LogP contribution is -2.02. The molecule has 0 aliphatic heterocycles. The third kappa shape index (κ3) is 3.90. The van der Waals surface area contributed by atoms with E-state index in [1.807, 2.05) is 24.3 Å². The van der Waals surface area contributed by atoms with Crippen LogP contribution in [0.25, 0.3) is 10.9 Å². The van der Waals surface area contributed by atoms with Gasteiger partial charge in [-0.25, -0.2) is 0 Å². The van der Waals surface area contributed by atoms with Crippen LogP contribution in [0.3, 0.4) is 0 Å². The van der Waals surface area contributed by atoms with Crippen molar-refractivity contribution in [3.05, 3.63) is 36.0 Å². The molecule has 5 N–H and O–H groups in total. The molecule has 17 heavy (non-hydrogen) atoms. The molecule has 0 bridgehead atoms. The van der Waals surface area contributed by atoms with E-state index in [9.17, 15) is 4.79 Å². The second kappa shape index (κ2) is 6.67. The van der Waals surface area contributed by atoms with Gasteiger partial charge in [-0.2, -0.15) is 0 Å². The number of rotatable bonds is 3. The number of aliphatic hydroxyl groups excluding tert-OH is 1. The quantitative estimate of drug-likeness (QED) is 0.631. The number of hydrogen-bond donors (Lipinski definition) is 4. The van der Waals surface area contributed by atoms with Crippen molar-refractivity contribution < 1.29 is 15.0 Å². The third-order valence-electron chi connectivity index (χ3n) is 2.15. The highest BCUT2D eigenvalue weighted by Crippen LogP contribution is 2.17. The van der Waals surface area contributed by atoms with E-state index in [1.165, 1.54) is 0 Å². The van der Waals surface area contributed by atoms with Crippen LogP contribution in [0, 0.1) is 0 Å². The number of carboxylic acids is 1. The van der Waals surface area contributed by atoms with Crippen molar-refractivity contribution in [1.82, 2.24) is 4.98 Å². The molecular formula is C12H16N2O3. The summed E-state index contributed by atoms with van der Waals surface area (Å²) in [6.07, 6.45) is 1.82. The molecule has 0 aliphatic rings. The summed E-state index contributed by atoms with van der Waals surface area (Å²) in [5, 5.41) is 17.4. The Bertz CT molecular complexity index is 477. The Balaban J connectivity index is 0.000000317. The van der Waals surface area contributed by atoms with Crippen molar-refractivity contribution >= 4 is 16.9 Å². The first-order chi connectivity index (χ1) is 8.19. The summed E-state index contributed by atoms with van der Waals surface area (Å²) in [6, 6.07) is 7.68. The van der Waals surface area contributed by atoms with Gasteiger partial charge in [0.05, 0.1) is 13.0 Å². The number of nitrogens with one attached hydrogen (secondary N) is 1. The molecule has 2 rings (SSSR count). The van der Waals surface area contributed by atoms with E-state index in [2.05, 4.69) is 4.98 Å². The van der Waals surface area contributed by atoms with Crippen LogP contribution in [0.5, 0.6) is 0 Å². The summed E-state index contributed by atoms with van der Waals surface area (Å²) in [6.45, 7) is 0.472. The van der Waals surface area contributed by atoms with Crippen LogP contribution < -0.4 is 5.73 Å². The molecule has 0 spiro atoms. The van der Waals surface area contributed by atoms with Crippen LogP contribution in [0.15, 0.2) is 30.5 Å². The van der Waals surface area contributed by atoms with Gasteiger partial charge in [-0.05, 0) is 11.6 Å². The predicted octanol–water partition coefficient (Wildman–Crippen LogP) is 0.732. The summed E-state index contributed by atoms with van der Waals surface area (Å²) in [5.74, 6) is -0.801. The fourth-order valence-electron chi connectivity index (χ4n) is 1.44. The van der Waals surface area contributed by atoms with Crippen molar-refractivity contribution in [2.45, 2.75) is 6.42 Å². The number of fused-ring (bicyclic) bond motifs is 1. The molecule has 0 fully saturated rings. The second-order valence-corrected chi connectivity index (χ2v) is 3.44. The summed E-state index contributed by atoms with van der Waals surface area (Å²) >= 11 is 0. The minimum atomic E-state index is -0.801. The number of nitrogens with two attached hydrogens (primary N) is 1. The van der Waals surface area contributed by atoms with Gasteiger partial charge in [0, 0.05) is 23.6 Å². The largest absolute Gasteiger partial charge is 0.481 e. The molecule has 0 aliphatic carbocycles. The van der Waals surface area contributed by atoms with E-state index >= 15 is 0 Å². The molecule has 1 aromatic carbocycles. The Hall–Kier alpha value is -1.85. The number of aromatic nitrogens is 1. The topological polar surface area (TPSA) is 99.3 Å². The average molecular weight is 236 g/mol. The van der Waals surface area contributed by atoms with Crippen LogP contribution in [0.2, 0.25) is 0 Å². The van der Waals surface area contributed by atoms with Crippen LogP contribution >= 0.6 is 0 Å². The molecule has 0 amide bonds. The highest BCUT2D eigenvalue weighted by Gasteiger charge is 2.05. The molecule has 0 atom stereocenters. The number of carbonyl (C=O) groups is 1. The van der Waals surface area contributed by atoms with Crippen LogP contribution in [-0.2, 0) is 11.2 Å². The molecular weight excluding hydrogens is 220 g/mol. The molecule has 5 nitrogen and oxygen atoms in total. The number of hydrogen-bond acceptors (Lipinski definition) is 3. The van der Waals surface area contributed by atoms with Gasteiger partial charge in [0.1, 0.15) is 0 Å². The molecule has 0 radical (unpaired) electrons. The molecule has 1 heterocycles. The van der Waals surface area contributed by atoms with E-state index in [4.69, 9.17) is 15.9 Å². The first-order valence-electron chi connectivity index (χ1n) is 5.26. The van der Waals surface area contributed by atoms with Gasteiger partial charge in [0.25, 0.3) is 0 Å². The lowest BCUT2D eigenvalue weighted by Gasteiger charge is -1.92. The number of aliphatic carboxylic acids is 1. The zero-order chi connectivity index (χ0) is 12.7. The highest BCUT2D eigenvalue weighted by atomic mass is 16.4. The van der Waals surface area contributed by atoms with Crippen molar-refractivity contribution in [2.24, 2.45) is 5.73 Å². The fourth-order valence-corrected chi connectivity index (χ4v) is 1.44. The number of benzene rings is 1. The van der Waals surface area contributed by atoms with Gasteiger partial charge in [0.15, 0.2) is 0 Å². The Kier molecular flexibility index (Phi) is 5.19. The highest BCUT2D eigenvalue weighted by molar-refractivity contribution is 5.86. The third-order valence-corrected chi connectivity index (χ3v) is 2.15. The average Bonchev–Trinajstić information content (AvgIpc) is 2.73. The molecule has 0 unspecified atom stereocenters. The van der Waals surface area contributed by atoms with Gasteiger partial charge in [0.2, 0.25) is 0 Å². The van der Waals surface area contributed by atoms with E-state index in [-0.39, 0.29) is 13.0 Å². The van der Waals surface area contributed by atoms with Crippen molar-refractivity contribution in [2.75, 3.05) is 13.2 Å². The second-order valence-electron chi connectivity index (χ2n) is 3.44. The molecule has 0 saturated carbocycles. The molecule has 0 saturated heterocycles. The standard InChI is InChI=1S/C10H9NO2.C2H7NO/c12-10(13)5-7-6-11-9-4-2-1-3-8(7)9;3-1-2-4/h1-4,6,11H,5H2,(H,12,13);4H,1-3H2. The number of carboxylic acid groups (broad SMARTS) is 1. The van der Waals surface area contributed by atoms with Gasteiger partial charge in [-0.15, -0.1) is 0 Å². The summed E-state index contributed by atoms with van der Waals surface area (Å²) in [7, 11) is 0. The van der Waals surface area contributed by atoms with Gasteiger partial charge in [-0.1, -0.05) is 18.2 Å². The smallest absolute Gasteiger partial charge is 0.307 e. The van der Waals surface area contributed by atoms with Gasteiger partial charge < -0.3 is 20.9 Å². The monoisotopic (exact) mass is 236 g/mol. The Labute approximate surface area is 98.9 Å². The number of para-hydroxylation sites is 1. The number of H-pyrrole nitrogens is 1. The number of aliphatic hydroxyl groups is 1. The van der Waals surface area contributed by atoms with Gasteiger partial charge >= 0.3 is 5.97 Å². The molecule has 1 aromatic heterocycles. The summed E-state index contributed by atoms with van der Waals surface area (Å²) in [5.41, 5.74) is 6.60. The van der Waals surface area contributed by atoms with E-state index in [0.717, 1.165) is 16.5 Å². The zero-order valence-corrected chi connectivity index (χ0v) is 9.39. The summed E-state index contributed by atoms with van der Waals surface area (Å²) in [4.78, 5) is 13.5. The van der Waals surface area contributed by atoms with Crippen LogP contribution in [0.4, 0.5) is 0 Å².